The molecule has 1 aromatic rings. The van der Waals surface area contributed by atoms with Crippen LogP contribution in [-0.2, 0) is 9.53 Å². The maximum absolute atomic E-state index is 12.0. The summed E-state index contributed by atoms with van der Waals surface area (Å²) in [5.41, 5.74) is 3.82. The summed E-state index contributed by atoms with van der Waals surface area (Å²) in [5, 5.41) is 0. The van der Waals surface area contributed by atoms with Crippen molar-refractivity contribution in [3.8, 4) is 0 Å². The summed E-state index contributed by atoms with van der Waals surface area (Å²) in [6.07, 6.45) is 4.21. The molecule has 1 aromatic carbocycles. The first-order valence-electron chi connectivity index (χ1n) is 8.08. The van der Waals surface area contributed by atoms with Crippen LogP contribution in [0.2, 0.25) is 0 Å². The Balaban J connectivity index is 2.23. The summed E-state index contributed by atoms with van der Waals surface area (Å²) in [6.45, 7) is 8.74. The van der Waals surface area contributed by atoms with E-state index >= 15 is 0 Å². The first kappa shape index (κ1) is 16.0. The number of benzene rings is 1. The van der Waals surface area contributed by atoms with Gasteiger partial charge in [-0.2, -0.15) is 0 Å². The van der Waals surface area contributed by atoms with Crippen LogP contribution in [0.25, 0.3) is 0 Å². The number of likely N-dealkylation sites (tertiary alicyclic amines) is 1. The van der Waals surface area contributed by atoms with Crippen LogP contribution in [0.15, 0.2) is 18.2 Å². The molecule has 1 saturated heterocycles. The van der Waals surface area contributed by atoms with Crippen molar-refractivity contribution in [3.05, 3.63) is 34.9 Å². The topological polar surface area (TPSA) is 29.5 Å². The second-order valence-electron chi connectivity index (χ2n) is 5.98. The van der Waals surface area contributed by atoms with E-state index in [1.807, 2.05) is 6.92 Å². The fourth-order valence-corrected chi connectivity index (χ4v) is 3.24. The number of carbonyl (C=O) groups is 1. The van der Waals surface area contributed by atoms with Crippen molar-refractivity contribution in [2.75, 3.05) is 19.7 Å². The number of rotatable bonds is 5. The van der Waals surface area contributed by atoms with Crippen molar-refractivity contribution in [2.45, 2.75) is 52.5 Å². The molecule has 0 saturated carbocycles. The highest BCUT2D eigenvalue weighted by molar-refractivity contribution is 5.70. The number of esters is 1. The molecule has 0 aliphatic carbocycles. The minimum atomic E-state index is -0.0898. The Morgan fingerprint density at radius 3 is 2.57 bits per heavy atom. The average molecular weight is 289 g/mol. The number of carbonyl (C=O) groups excluding carboxylic acids is 1. The highest BCUT2D eigenvalue weighted by atomic mass is 16.5. The van der Waals surface area contributed by atoms with Crippen LogP contribution in [0.1, 0.15) is 55.3 Å². The van der Waals surface area contributed by atoms with Crippen molar-refractivity contribution < 1.29 is 9.53 Å². The summed E-state index contributed by atoms with van der Waals surface area (Å²) in [7, 11) is 0. The Bertz CT molecular complexity index is 478. The summed E-state index contributed by atoms with van der Waals surface area (Å²) >= 11 is 0. The summed E-state index contributed by atoms with van der Waals surface area (Å²) < 4.78 is 5.18. The van der Waals surface area contributed by atoms with Gasteiger partial charge in [-0.1, -0.05) is 30.2 Å². The maximum atomic E-state index is 12.0. The van der Waals surface area contributed by atoms with Crippen LogP contribution in [0.4, 0.5) is 0 Å². The van der Waals surface area contributed by atoms with Gasteiger partial charge in [0.25, 0.3) is 0 Å². The zero-order valence-corrected chi connectivity index (χ0v) is 13.5. The van der Waals surface area contributed by atoms with Gasteiger partial charge in [0, 0.05) is 6.04 Å². The number of ether oxygens (including phenoxy) is 1. The SMILES string of the molecule is CCOC(=O)CC(c1ccc(C)cc1C)N1CCCCC1. The number of hydrogen-bond acceptors (Lipinski definition) is 3. The molecule has 0 spiro atoms. The summed E-state index contributed by atoms with van der Waals surface area (Å²) in [4.78, 5) is 14.5. The number of piperidine rings is 1. The molecular formula is C18H27NO2. The number of aryl methyl sites for hydroxylation is 2. The van der Waals surface area contributed by atoms with Gasteiger partial charge in [-0.25, -0.2) is 0 Å². The molecule has 1 aliphatic heterocycles. The Morgan fingerprint density at radius 1 is 1.24 bits per heavy atom. The third-order valence-corrected chi connectivity index (χ3v) is 4.28. The molecule has 0 amide bonds. The molecule has 116 valence electrons. The molecule has 0 aromatic heterocycles. The van der Waals surface area contributed by atoms with Gasteiger partial charge in [0.05, 0.1) is 13.0 Å². The minimum Gasteiger partial charge on any atom is -0.466 e. The minimum absolute atomic E-state index is 0.0898. The molecule has 1 unspecified atom stereocenters. The van der Waals surface area contributed by atoms with Crippen molar-refractivity contribution >= 4 is 5.97 Å². The first-order chi connectivity index (χ1) is 10.1. The van der Waals surface area contributed by atoms with Gasteiger partial charge in [0.1, 0.15) is 0 Å². The Labute approximate surface area is 128 Å². The number of nitrogens with zero attached hydrogens (tertiary/aromatic N) is 1. The first-order valence-corrected chi connectivity index (χ1v) is 8.08. The predicted molar refractivity (Wildman–Crippen MR) is 85.3 cm³/mol. The van der Waals surface area contributed by atoms with Gasteiger partial charge < -0.3 is 4.74 Å². The molecule has 0 radical (unpaired) electrons. The van der Waals surface area contributed by atoms with E-state index in [1.54, 1.807) is 0 Å². The smallest absolute Gasteiger partial charge is 0.307 e. The zero-order valence-electron chi connectivity index (χ0n) is 13.5. The Hall–Kier alpha value is -1.35. The van der Waals surface area contributed by atoms with Crippen LogP contribution < -0.4 is 0 Å². The fraction of sp³-hybridized carbons (Fsp3) is 0.611. The molecule has 3 heteroatoms. The number of hydrogen-bond donors (Lipinski definition) is 0. The van der Waals surface area contributed by atoms with E-state index in [1.165, 1.54) is 36.0 Å². The second-order valence-corrected chi connectivity index (χ2v) is 5.98. The molecule has 21 heavy (non-hydrogen) atoms. The second kappa shape index (κ2) is 7.60. The van der Waals surface area contributed by atoms with Crippen LogP contribution in [0.3, 0.4) is 0 Å². The Morgan fingerprint density at radius 2 is 1.95 bits per heavy atom. The van der Waals surface area contributed by atoms with Crippen LogP contribution >= 0.6 is 0 Å². The highest BCUT2D eigenvalue weighted by Gasteiger charge is 2.26. The lowest BCUT2D eigenvalue weighted by Gasteiger charge is -2.35. The normalized spacial score (nSPS) is 17.5. The van der Waals surface area contributed by atoms with Gasteiger partial charge in [0.15, 0.2) is 0 Å². The summed E-state index contributed by atoms with van der Waals surface area (Å²) in [5.74, 6) is -0.0898. The maximum Gasteiger partial charge on any atom is 0.307 e. The van der Waals surface area contributed by atoms with E-state index in [0.717, 1.165) is 13.1 Å². The molecule has 1 heterocycles. The molecule has 0 N–H and O–H groups in total. The fourth-order valence-electron chi connectivity index (χ4n) is 3.24. The van der Waals surface area contributed by atoms with Gasteiger partial charge in [-0.05, 0) is 57.8 Å². The van der Waals surface area contributed by atoms with E-state index in [4.69, 9.17) is 4.74 Å². The van der Waals surface area contributed by atoms with E-state index in [0.29, 0.717) is 13.0 Å². The third-order valence-electron chi connectivity index (χ3n) is 4.28. The molecule has 1 aliphatic rings. The van der Waals surface area contributed by atoms with Crippen molar-refractivity contribution in [1.29, 1.82) is 0 Å². The standard InChI is InChI=1S/C18H27NO2/c1-4-21-18(20)13-17(19-10-6-5-7-11-19)16-9-8-14(2)12-15(16)3/h8-9,12,17H,4-7,10-11,13H2,1-3H3. The summed E-state index contributed by atoms with van der Waals surface area (Å²) in [6, 6.07) is 6.69. The van der Waals surface area contributed by atoms with Crippen molar-refractivity contribution in [3.63, 3.8) is 0 Å². The van der Waals surface area contributed by atoms with Crippen molar-refractivity contribution in [2.24, 2.45) is 0 Å². The quantitative estimate of drug-likeness (QED) is 0.773. The molecule has 0 bridgehead atoms. The lowest BCUT2D eigenvalue weighted by molar-refractivity contribution is -0.144. The lowest BCUT2D eigenvalue weighted by Crippen LogP contribution is -2.35. The zero-order chi connectivity index (χ0) is 15.2. The predicted octanol–water partition coefficient (Wildman–Crippen LogP) is 3.78. The lowest BCUT2D eigenvalue weighted by atomic mass is 9.94. The highest BCUT2D eigenvalue weighted by Crippen LogP contribution is 2.30. The van der Waals surface area contributed by atoms with E-state index < -0.39 is 0 Å². The average Bonchev–Trinajstić information content (AvgIpc) is 2.47. The van der Waals surface area contributed by atoms with Gasteiger partial charge in [0.2, 0.25) is 0 Å². The van der Waals surface area contributed by atoms with Crippen LogP contribution in [0, 0.1) is 13.8 Å². The monoisotopic (exact) mass is 289 g/mol. The molecular weight excluding hydrogens is 262 g/mol. The van der Waals surface area contributed by atoms with Crippen LogP contribution in [-0.4, -0.2) is 30.6 Å². The molecule has 1 atom stereocenters. The van der Waals surface area contributed by atoms with E-state index in [2.05, 4.69) is 36.9 Å². The Kier molecular flexibility index (Phi) is 5.80. The van der Waals surface area contributed by atoms with Gasteiger partial charge >= 0.3 is 5.97 Å². The van der Waals surface area contributed by atoms with Crippen LogP contribution in [0.5, 0.6) is 0 Å². The largest absolute Gasteiger partial charge is 0.466 e. The third kappa shape index (κ3) is 4.31. The van der Waals surface area contributed by atoms with E-state index in [-0.39, 0.29) is 12.0 Å². The van der Waals surface area contributed by atoms with Gasteiger partial charge in [-0.3, -0.25) is 9.69 Å². The van der Waals surface area contributed by atoms with Gasteiger partial charge in [-0.15, -0.1) is 0 Å². The van der Waals surface area contributed by atoms with Crippen molar-refractivity contribution in [1.82, 2.24) is 4.90 Å². The molecule has 1 fully saturated rings. The molecule has 2 rings (SSSR count). The molecule has 3 nitrogen and oxygen atoms in total. The van der Waals surface area contributed by atoms with E-state index in [9.17, 15) is 4.79 Å².